The lowest BCUT2D eigenvalue weighted by Crippen LogP contribution is -2.06. The van der Waals surface area contributed by atoms with Crippen LogP contribution in [0.25, 0.3) is 0 Å². The van der Waals surface area contributed by atoms with Crippen molar-refractivity contribution in [3.8, 4) is 0 Å². The maximum absolute atomic E-state index is 11.7. The minimum absolute atomic E-state index is 0.0421. The molecule has 0 amide bonds. The summed E-state index contributed by atoms with van der Waals surface area (Å²) in [5, 5.41) is 18.1. The second-order valence-corrected chi connectivity index (χ2v) is 6.69. The molecule has 11 heteroatoms. The zero-order chi connectivity index (χ0) is 21.7. The molecule has 0 fully saturated rings. The number of rotatable bonds is 7. The highest BCUT2D eigenvalue weighted by atomic mass is 35.5. The Labute approximate surface area is 181 Å². The highest BCUT2D eigenvalue weighted by Gasteiger charge is 2.24. The zero-order valence-electron chi connectivity index (χ0n) is 15.6. The predicted molar refractivity (Wildman–Crippen MR) is 114 cm³/mol. The number of aromatic nitrogens is 2. The van der Waals surface area contributed by atoms with Crippen molar-refractivity contribution >= 4 is 57.9 Å². The van der Waals surface area contributed by atoms with E-state index in [9.17, 15) is 14.9 Å². The molecule has 1 heterocycles. The van der Waals surface area contributed by atoms with Crippen LogP contribution in [0.1, 0.15) is 17.3 Å². The van der Waals surface area contributed by atoms with Crippen LogP contribution >= 0.6 is 23.2 Å². The average molecular weight is 448 g/mol. The van der Waals surface area contributed by atoms with Crippen molar-refractivity contribution in [2.24, 2.45) is 0 Å². The third-order valence-electron chi connectivity index (χ3n) is 3.85. The average Bonchev–Trinajstić information content (AvgIpc) is 2.71. The van der Waals surface area contributed by atoms with Gasteiger partial charge in [-0.05, 0) is 49.4 Å². The number of carbonyl (C=O) groups excluding carboxylic acids is 1. The van der Waals surface area contributed by atoms with Gasteiger partial charge in [-0.1, -0.05) is 23.2 Å². The minimum atomic E-state index is -0.615. The van der Waals surface area contributed by atoms with Crippen molar-refractivity contribution in [2.45, 2.75) is 6.92 Å². The van der Waals surface area contributed by atoms with Crippen LogP contribution in [0.3, 0.4) is 0 Å². The fourth-order valence-electron chi connectivity index (χ4n) is 2.50. The van der Waals surface area contributed by atoms with Crippen LogP contribution in [0.15, 0.2) is 48.8 Å². The third kappa shape index (κ3) is 4.94. The molecule has 1 aromatic heterocycles. The SMILES string of the molecule is CCOC(=O)c1ccc(Nc2ncnc(Nc3cc(Cl)ccc3Cl)c2[N+](=O)[O-])cc1. The Morgan fingerprint density at radius 1 is 1.10 bits per heavy atom. The molecule has 0 bridgehead atoms. The van der Waals surface area contributed by atoms with Gasteiger partial charge in [0.25, 0.3) is 0 Å². The summed E-state index contributed by atoms with van der Waals surface area (Å²) in [7, 11) is 0. The number of hydrogen-bond donors (Lipinski definition) is 2. The van der Waals surface area contributed by atoms with Gasteiger partial charge < -0.3 is 15.4 Å². The molecule has 0 saturated carbocycles. The summed E-state index contributed by atoms with van der Waals surface area (Å²) in [6, 6.07) is 10.9. The lowest BCUT2D eigenvalue weighted by atomic mass is 10.2. The first-order valence-electron chi connectivity index (χ1n) is 8.64. The number of esters is 1. The Morgan fingerprint density at radius 3 is 2.40 bits per heavy atom. The lowest BCUT2D eigenvalue weighted by Gasteiger charge is -2.11. The van der Waals surface area contributed by atoms with Crippen molar-refractivity contribution in [1.29, 1.82) is 0 Å². The molecule has 0 spiro atoms. The number of hydrogen-bond acceptors (Lipinski definition) is 8. The first-order valence-corrected chi connectivity index (χ1v) is 9.40. The van der Waals surface area contributed by atoms with E-state index >= 15 is 0 Å². The molecule has 3 rings (SSSR count). The van der Waals surface area contributed by atoms with Gasteiger partial charge in [0, 0.05) is 10.7 Å². The number of benzene rings is 2. The first-order chi connectivity index (χ1) is 14.4. The van der Waals surface area contributed by atoms with Gasteiger partial charge in [-0.25, -0.2) is 14.8 Å². The van der Waals surface area contributed by atoms with Gasteiger partial charge >= 0.3 is 11.7 Å². The standard InChI is InChI=1S/C19H15Cl2N5O4/c1-2-30-19(27)11-3-6-13(7-4-11)24-17-16(26(28)29)18(23-10-22-17)25-15-9-12(20)5-8-14(15)21/h3-10H,2H2,1H3,(H2,22,23,24,25). The molecule has 154 valence electrons. The smallest absolute Gasteiger partial charge is 0.353 e. The van der Waals surface area contributed by atoms with Crippen LogP contribution in [-0.2, 0) is 4.74 Å². The predicted octanol–water partition coefficient (Wildman–Crippen LogP) is 5.36. The molecule has 0 saturated heterocycles. The third-order valence-corrected chi connectivity index (χ3v) is 4.41. The van der Waals surface area contributed by atoms with E-state index in [0.29, 0.717) is 27.0 Å². The Kier molecular flexibility index (Phi) is 6.65. The Morgan fingerprint density at radius 2 is 1.77 bits per heavy atom. The summed E-state index contributed by atoms with van der Waals surface area (Å²) >= 11 is 12.1. The molecule has 0 radical (unpaired) electrons. The minimum Gasteiger partial charge on any atom is -0.462 e. The summed E-state index contributed by atoms with van der Waals surface area (Å²) in [6.45, 7) is 1.97. The van der Waals surface area contributed by atoms with Gasteiger partial charge in [0.15, 0.2) is 0 Å². The van der Waals surface area contributed by atoms with Crippen LogP contribution in [0, 0.1) is 10.1 Å². The van der Waals surface area contributed by atoms with E-state index in [1.54, 1.807) is 31.2 Å². The van der Waals surface area contributed by atoms with Gasteiger partial charge in [-0.3, -0.25) is 10.1 Å². The molecule has 0 atom stereocenters. The van der Waals surface area contributed by atoms with Gasteiger partial charge in [0.05, 0.1) is 27.8 Å². The number of nitro groups is 1. The van der Waals surface area contributed by atoms with Gasteiger partial charge in [-0.2, -0.15) is 0 Å². The fraction of sp³-hybridized carbons (Fsp3) is 0.105. The van der Waals surface area contributed by atoms with Crippen molar-refractivity contribution in [3.05, 3.63) is 74.5 Å². The molecule has 0 aliphatic heterocycles. The van der Waals surface area contributed by atoms with E-state index in [-0.39, 0.29) is 23.9 Å². The zero-order valence-corrected chi connectivity index (χ0v) is 17.1. The van der Waals surface area contributed by atoms with E-state index in [0.717, 1.165) is 0 Å². The van der Waals surface area contributed by atoms with Crippen molar-refractivity contribution in [1.82, 2.24) is 9.97 Å². The molecule has 3 aromatic rings. The Hall–Kier alpha value is -3.43. The topological polar surface area (TPSA) is 119 Å². The molecular weight excluding hydrogens is 433 g/mol. The number of halogens is 2. The highest BCUT2D eigenvalue weighted by Crippen LogP contribution is 2.35. The number of anilines is 4. The number of nitrogens with one attached hydrogen (secondary N) is 2. The first kappa shape index (κ1) is 21.3. The van der Waals surface area contributed by atoms with E-state index in [1.807, 2.05) is 0 Å². The van der Waals surface area contributed by atoms with Gasteiger partial charge in [-0.15, -0.1) is 0 Å². The van der Waals surface area contributed by atoms with Crippen molar-refractivity contribution in [2.75, 3.05) is 17.2 Å². The highest BCUT2D eigenvalue weighted by molar-refractivity contribution is 6.35. The summed E-state index contributed by atoms with van der Waals surface area (Å²) in [6.07, 6.45) is 1.17. The quantitative estimate of drug-likeness (QED) is 0.282. The molecular formula is C19H15Cl2N5O4. The van der Waals surface area contributed by atoms with Crippen LogP contribution < -0.4 is 10.6 Å². The number of nitrogens with zero attached hydrogens (tertiary/aromatic N) is 3. The second kappa shape index (κ2) is 9.38. The molecule has 2 N–H and O–H groups in total. The fourth-order valence-corrected chi connectivity index (χ4v) is 2.83. The summed E-state index contributed by atoms with van der Waals surface area (Å²) in [5.41, 5.74) is 0.813. The number of carbonyl (C=O) groups is 1. The van der Waals surface area contributed by atoms with Crippen LogP contribution in [0.2, 0.25) is 10.0 Å². The van der Waals surface area contributed by atoms with Gasteiger partial charge in [0.2, 0.25) is 11.6 Å². The maximum Gasteiger partial charge on any atom is 0.353 e. The molecule has 0 unspecified atom stereocenters. The van der Waals surface area contributed by atoms with E-state index in [1.165, 1.54) is 24.5 Å². The van der Waals surface area contributed by atoms with Crippen molar-refractivity contribution < 1.29 is 14.5 Å². The number of ether oxygens (including phenoxy) is 1. The normalized spacial score (nSPS) is 10.4. The van der Waals surface area contributed by atoms with Gasteiger partial charge in [0.1, 0.15) is 6.33 Å². The molecule has 9 nitrogen and oxygen atoms in total. The van der Waals surface area contributed by atoms with Crippen molar-refractivity contribution in [3.63, 3.8) is 0 Å². The van der Waals surface area contributed by atoms with Crippen LogP contribution in [0.4, 0.5) is 28.7 Å². The summed E-state index contributed by atoms with van der Waals surface area (Å²) in [4.78, 5) is 30.8. The second-order valence-electron chi connectivity index (χ2n) is 5.85. The van der Waals surface area contributed by atoms with E-state index in [4.69, 9.17) is 27.9 Å². The monoisotopic (exact) mass is 447 g/mol. The van der Waals surface area contributed by atoms with Crippen LogP contribution in [0.5, 0.6) is 0 Å². The molecule has 30 heavy (non-hydrogen) atoms. The van der Waals surface area contributed by atoms with E-state index in [2.05, 4.69) is 20.6 Å². The molecule has 0 aliphatic rings. The van der Waals surface area contributed by atoms with Crippen LogP contribution in [-0.4, -0.2) is 27.5 Å². The van der Waals surface area contributed by atoms with E-state index < -0.39 is 10.9 Å². The Bertz CT molecular complexity index is 1090. The largest absolute Gasteiger partial charge is 0.462 e. The molecule has 0 aliphatic carbocycles. The molecule has 2 aromatic carbocycles. The summed E-state index contributed by atoms with van der Waals surface area (Å²) in [5.74, 6) is -0.564. The lowest BCUT2D eigenvalue weighted by molar-refractivity contribution is -0.383. The Balaban J connectivity index is 1.90. The summed E-state index contributed by atoms with van der Waals surface area (Å²) < 4.78 is 4.93. The maximum atomic E-state index is 11.7.